The maximum absolute atomic E-state index is 11.4. The van der Waals surface area contributed by atoms with Gasteiger partial charge in [-0.25, -0.2) is 0 Å². The molecule has 3 aliphatic rings. The van der Waals surface area contributed by atoms with Crippen molar-refractivity contribution >= 4 is 5.69 Å². The van der Waals surface area contributed by atoms with Gasteiger partial charge in [-0.05, 0) is 27.8 Å². The molecule has 124 valence electrons. The Morgan fingerprint density at radius 1 is 0.923 bits per heavy atom. The number of aromatic hydroxyl groups is 1. The van der Waals surface area contributed by atoms with Crippen LogP contribution in [0.15, 0.2) is 54.6 Å². The van der Waals surface area contributed by atoms with E-state index in [9.17, 15) is 20.5 Å². The minimum absolute atomic E-state index is 0.205. The fraction of sp³-hybridized carbons (Fsp3) is 0.0952. The van der Waals surface area contributed by atoms with Gasteiger partial charge in [0.25, 0.3) is 0 Å². The number of phenols is 1. The minimum atomic E-state index is -0.628. The number of nitro benzene ring substituents is 1. The smallest absolute Gasteiger partial charge is 0.312 e. The number of hydrogen-bond donors (Lipinski definition) is 1. The molecule has 5 nitrogen and oxygen atoms in total. The van der Waals surface area contributed by atoms with E-state index >= 15 is 0 Å². The van der Waals surface area contributed by atoms with E-state index in [2.05, 4.69) is 6.07 Å². The van der Waals surface area contributed by atoms with Crippen LogP contribution in [0.1, 0.15) is 50.8 Å². The van der Waals surface area contributed by atoms with E-state index < -0.39 is 10.6 Å². The maximum atomic E-state index is 11.4. The first-order chi connectivity index (χ1) is 12.6. The second-order valence-corrected chi connectivity index (χ2v) is 6.61. The van der Waals surface area contributed by atoms with Gasteiger partial charge >= 0.3 is 5.69 Å². The van der Waals surface area contributed by atoms with Crippen LogP contribution >= 0.6 is 0 Å². The summed E-state index contributed by atoms with van der Waals surface area (Å²) in [6, 6.07) is 19.1. The van der Waals surface area contributed by atoms with Crippen molar-refractivity contribution in [1.82, 2.24) is 0 Å². The molecule has 0 aromatic heterocycles. The molecule has 0 spiro atoms. The highest BCUT2D eigenvalue weighted by molar-refractivity contribution is 5.76. The normalized spacial score (nSPS) is 18.4. The zero-order valence-electron chi connectivity index (χ0n) is 13.5. The highest BCUT2D eigenvalue weighted by Gasteiger charge is 2.45. The number of nitrogens with zero attached hydrogens (tertiary/aromatic N) is 2. The summed E-state index contributed by atoms with van der Waals surface area (Å²) in [6.45, 7) is 0. The van der Waals surface area contributed by atoms with Crippen molar-refractivity contribution in [2.24, 2.45) is 0 Å². The molecular formula is C21H12N2O3. The number of hydrogen-bond acceptors (Lipinski definition) is 4. The van der Waals surface area contributed by atoms with Crippen LogP contribution in [0.25, 0.3) is 0 Å². The van der Waals surface area contributed by atoms with Gasteiger partial charge in [-0.15, -0.1) is 0 Å². The third-order valence-corrected chi connectivity index (χ3v) is 5.49. The lowest BCUT2D eigenvalue weighted by molar-refractivity contribution is -0.386. The molecule has 0 saturated heterocycles. The summed E-state index contributed by atoms with van der Waals surface area (Å²) in [5.74, 6) is -0.846. The second kappa shape index (κ2) is 4.93. The Hall–Kier alpha value is -3.65. The summed E-state index contributed by atoms with van der Waals surface area (Å²) in [6.07, 6.45) is 0. The number of benzene rings is 3. The predicted octanol–water partition coefficient (Wildman–Crippen LogP) is 4.16. The third-order valence-electron chi connectivity index (χ3n) is 5.49. The first-order valence-electron chi connectivity index (χ1n) is 8.25. The molecule has 3 aliphatic carbocycles. The lowest BCUT2D eigenvalue weighted by Gasteiger charge is -2.42. The molecule has 5 heteroatoms. The van der Waals surface area contributed by atoms with Gasteiger partial charge in [-0.2, -0.15) is 5.26 Å². The molecule has 0 heterocycles. The van der Waals surface area contributed by atoms with Crippen molar-refractivity contribution in [1.29, 1.82) is 5.26 Å². The van der Waals surface area contributed by atoms with Crippen molar-refractivity contribution in [3.63, 3.8) is 0 Å². The molecular weight excluding hydrogens is 328 g/mol. The molecule has 6 rings (SSSR count). The van der Waals surface area contributed by atoms with Crippen LogP contribution in [0.5, 0.6) is 5.75 Å². The molecule has 0 amide bonds. The molecule has 0 unspecified atom stereocenters. The Morgan fingerprint density at radius 3 is 1.81 bits per heavy atom. The highest BCUT2D eigenvalue weighted by Crippen LogP contribution is 2.59. The van der Waals surface area contributed by atoms with E-state index in [0.29, 0.717) is 11.1 Å². The van der Waals surface area contributed by atoms with Crippen molar-refractivity contribution in [3.05, 3.63) is 104 Å². The standard InChI is InChI=1S/C21H12N2O3/c22-10-11-9-16(23(25)26)21(24)20-17(11)18-12-5-1-3-7-14(12)19(20)15-8-4-2-6-13(15)18/h1-9,18-19,24H. The fourth-order valence-electron chi connectivity index (χ4n) is 4.56. The van der Waals surface area contributed by atoms with Crippen molar-refractivity contribution in [2.45, 2.75) is 11.8 Å². The quantitative estimate of drug-likeness (QED) is 0.367. The molecule has 26 heavy (non-hydrogen) atoms. The maximum Gasteiger partial charge on any atom is 0.312 e. The number of nitro groups is 1. The zero-order chi connectivity index (χ0) is 18.0. The Balaban J connectivity index is 1.96. The van der Waals surface area contributed by atoms with Crippen LogP contribution in [0.3, 0.4) is 0 Å². The average molecular weight is 340 g/mol. The lowest BCUT2D eigenvalue weighted by atomic mass is 9.60. The highest BCUT2D eigenvalue weighted by atomic mass is 16.6. The van der Waals surface area contributed by atoms with Gasteiger partial charge < -0.3 is 5.11 Å². The fourth-order valence-corrected chi connectivity index (χ4v) is 4.56. The van der Waals surface area contributed by atoms with Gasteiger partial charge in [0.15, 0.2) is 5.75 Å². The monoisotopic (exact) mass is 340 g/mol. The van der Waals surface area contributed by atoms with Crippen LogP contribution in [-0.4, -0.2) is 10.0 Å². The average Bonchev–Trinajstić information content (AvgIpc) is 2.67. The first-order valence-corrected chi connectivity index (χ1v) is 8.25. The Labute approximate surface area is 148 Å². The molecule has 2 bridgehead atoms. The number of rotatable bonds is 1. The van der Waals surface area contributed by atoms with Crippen LogP contribution in [0, 0.1) is 21.4 Å². The molecule has 0 aliphatic heterocycles. The molecule has 3 aromatic rings. The third kappa shape index (κ3) is 1.63. The molecule has 0 atom stereocenters. The van der Waals surface area contributed by atoms with Crippen molar-refractivity contribution in [3.8, 4) is 11.8 Å². The molecule has 0 saturated carbocycles. The first kappa shape index (κ1) is 14.7. The van der Waals surface area contributed by atoms with Gasteiger partial charge in [0, 0.05) is 23.5 Å². The summed E-state index contributed by atoms with van der Waals surface area (Å²) >= 11 is 0. The summed E-state index contributed by atoms with van der Waals surface area (Å²) < 4.78 is 0. The van der Waals surface area contributed by atoms with Crippen LogP contribution in [0.4, 0.5) is 5.69 Å². The van der Waals surface area contributed by atoms with E-state index in [1.807, 2.05) is 48.5 Å². The predicted molar refractivity (Wildman–Crippen MR) is 94.3 cm³/mol. The summed E-state index contributed by atoms with van der Waals surface area (Å²) in [5.41, 5.74) is 5.27. The van der Waals surface area contributed by atoms with E-state index in [-0.39, 0.29) is 23.1 Å². The van der Waals surface area contributed by atoms with Gasteiger partial charge in [0.05, 0.1) is 16.6 Å². The van der Waals surface area contributed by atoms with Crippen LogP contribution < -0.4 is 0 Å². The van der Waals surface area contributed by atoms with Crippen LogP contribution in [-0.2, 0) is 0 Å². The molecule has 0 radical (unpaired) electrons. The Morgan fingerprint density at radius 2 is 1.38 bits per heavy atom. The second-order valence-electron chi connectivity index (χ2n) is 6.61. The largest absolute Gasteiger partial charge is 0.502 e. The Bertz CT molecular complexity index is 1110. The molecule has 0 fully saturated rings. The van der Waals surface area contributed by atoms with Crippen LogP contribution in [0.2, 0.25) is 0 Å². The Kier molecular flexibility index (Phi) is 2.78. The van der Waals surface area contributed by atoms with Crippen molar-refractivity contribution in [2.75, 3.05) is 0 Å². The number of nitriles is 1. The summed E-state index contributed by atoms with van der Waals surface area (Å²) in [4.78, 5) is 10.8. The van der Waals surface area contributed by atoms with Gasteiger partial charge in [-0.3, -0.25) is 10.1 Å². The lowest BCUT2D eigenvalue weighted by Crippen LogP contribution is -2.28. The van der Waals surface area contributed by atoms with E-state index in [0.717, 1.165) is 22.3 Å². The summed E-state index contributed by atoms with van der Waals surface area (Å²) in [5, 5.41) is 31.8. The topological polar surface area (TPSA) is 87.2 Å². The number of phenolic OH excluding ortho intramolecular Hbond substituents is 1. The van der Waals surface area contributed by atoms with E-state index in [1.54, 1.807) is 0 Å². The molecule has 3 aromatic carbocycles. The van der Waals surface area contributed by atoms with E-state index in [4.69, 9.17) is 0 Å². The molecule has 1 N–H and O–H groups in total. The van der Waals surface area contributed by atoms with E-state index in [1.165, 1.54) is 6.07 Å². The van der Waals surface area contributed by atoms with Gasteiger partial charge in [0.1, 0.15) is 0 Å². The van der Waals surface area contributed by atoms with Crippen molar-refractivity contribution < 1.29 is 10.0 Å². The van der Waals surface area contributed by atoms with Gasteiger partial charge in [0.2, 0.25) is 0 Å². The SMILES string of the molecule is N#Cc1cc([N+](=O)[O-])c(O)c2c1C1c3ccccc3C2c2ccccc21. The van der Waals surface area contributed by atoms with Gasteiger partial charge in [-0.1, -0.05) is 48.5 Å². The minimum Gasteiger partial charge on any atom is -0.502 e. The summed E-state index contributed by atoms with van der Waals surface area (Å²) in [7, 11) is 0. The zero-order valence-corrected chi connectivity index (χ0v) is 13.5.